The summed E-state index contributed by atoms with van der Waals surface area (Å²) >= 11 is 0. The van der Waals surface area contributed by atoms with Crippen LogP contribution in [0.15, 0.2) is 36.7 Å². The van der Waals surface area contributed by atoms with E-state index in [2.05, 4.69) is 32.1 Å². The molecule has 2 aliphatic carbocycles. The first-order valence-corrected chi connectivity index (χ1v) is 12.6. The van der Waals surface area contributed by atoms with E-state index >= 15 is 0 Å². The van der Waals surface area contributed by atoms with E-state index in [-0.39, 0.29) is 30.0 Å². The molecule has 0 unspecified atom stereocenters. The summed E-state index contributed by atoms with van der Waals surface area (Å²) in [5.74, 6) is 0.0778. The lowest BCUT2D eigenvalue weighted by molar-refractivity contribution is 0.0926. The summed E-state index contributed by atoms with van der Waals surface area (Å²) in [4.78, 5) is 28.7. The molecule has 0 radical (unpaired) electrons. The maximum Gasteiger partial charge on any atom is 0.404 e. The maximum absolute atomic E-state index is 13.3. The van der Waals surface area contributed by atoms with Crippen LogP contribution in [0, 0.1) is 17.2 Å². The fraction of sp³-hybridized carbons (Fsp3) is 0.423. The molecular weight excluding hydrogens is 472 g/mol. The Kier molecular flexibility index (Phi) is 6.92. The van der Waals surface area contributed by atoms with Gasteiger partial charge in [0.05, 0.1) is 39.9 Å². The van der Waals surface area contributed by atoms with Gasteiger partial charge in [-0.05, 0) is 68.7 Å². The van der Waals surface area contributed by atoms with Crippen LogP contribution in [-0.4, -0.2) is 56.4 Å². The summed E-state index contributed by atoms with van der Waals surface area (Å²) in [5.41, 5.74) is 9.78. The highest BCUT2D eigenvalue weighted by atomic mass is 16.4. The van der Waals surface area contributed by atoms with Gasteiger partial charge in [0.1, 0.15) is 6.07 Å². The molecule has 37 heavy (non-hydrogen) atoms. The topological polar surface area (TPSA) is 170 Å². The first kappa shape index (κ1) is 24.5. The molecule has 3 aromatic rings. The average Bonchev–Trinajstić information content (AvgIpc) is 3.29. The van der Waals surface area contributed by atoms with Crippen LogP contribution in [0.5, 0.6) is 0 Å². The number of carboxylic acid groups (broad SMARTS) is 1. The van der Waals surface area contributed by atoms with Crippen molar-refractivity contribution in [2.24, 2.45) is 11.7 Å². The smallest absolute Gasteiger partial charge is 0.404 e. The van der Waals surface area contributed by atoms with Crippen molar-refractivity contribution in [1.29, 1.82) is 5.26 Å². The van der Waals surface area contributed by atoms with Crippen LogP contribution >= 0.6 is 0 Å². The van der Waals surface area contributed by atoms with Crippen LogP contribution in [0.1, 0.15) is 54.4 Å². The van der Waals surface area contributed by atoms with Crippen molar-refractivity contribution >= 4 is 23.2 Å². The summed E-state index contributed by atoms with van der Waals surface area (Å²) in [6, 6.07) is 9.87. The molecular formula is C26H30N8O3. The van der Waals surface area contributed by atoms with Crippen LogP contribution in [0.4, 0.5) is 10.5 Å². The molecule has 0 bridgehead atoms. The number of amides is 2. The quantitative estimate of drug-likeness (QED) is 0.328. The van der Waals surface area contributed by atoms with Gasteiger partial charge in [0.15, 0.2) is 0 Å². The van der Waals surface area contributed by atoms with Crippen molar-refractivity contribution in [3.05, 3.63) is 47.8 Å². The fourth-order valence-corrected chi connectivity index (χ4v) is 5.15. The summed E-state index contributed by atoms with van der Waals surface area (Å²) in [5, 5.41) is 31.5. The van der Waals surface area contributed by atoms with E-state index in [4.69, 9.17) is 16.1 Å². The molecule has 0 spiro atoms. The van der Waals surface area contributed by atoms with Gasteiger partial charge in [-0.25, -0.2) is 9.31 Å². The average molecular weight is 503 g/mol. The number of pyridine rings is 1. The highest BCUT2D eigenvalue weighted by Gasteiger charge is 2.31. The predicted octanol–water partition coefficient (Wildman–Crippen LogP) is 2.73. The van der Waals surface area contributed by atoms with Crippen molar-refractivity contribution in [1.82, 2.24) is 25.2 Å². The number of nitrogens with zero attached hydrogens (tertiary/aromatic N) is 4. The third-order valence-electron chi connectivity index (χ3n) is 7.28. The Bertz CT molecular complexity index is 1350. The highest BCUT2D eigenvalue weighted by molar-refractivity contribution is 6.00. The van der Waals surface area contributed by atoms with Gasteiger partial charge in [-0.1, -0.05) is 0 Å². The number of rotatable bonds is 7. The Morgan fingerprint density at radius 2 is 1.92 bits per heavy atom. The number of hydrogen-bond donors (Lipinski definition) is 5. The number of carbonyl (C=O) groups excluding carboxylic acids is 1. The summed E-state index contributed by atoms with van der Waals surface area (Å²) in [6.45, 7) is 0.415. The Balaban J connectivity index is 1.39. The van der Waals surface area contributed by atoms with E-state index < -0.39 is 6.09 Å². The van der Waals surface area contributed by atoms with Crippen LogP contribution in [0.25, 0.3) is 16.9 Å². The van der Waals surface area contributed by atoms with Crippen LogP contribution in [0.3, 0.4) is 0 Å². The Hall–Kier alpha value is -4.17. The number of aromatic nitrogens is 3. The zero-order valence-electron chi connectivity index (χ0n) is 20.4. The molecule has 3 aromatic heterocycles. The molecule has 0 aromatic carbocycles. The molecule has 2 aliphatic rings. The molecule has 192 valence electrons. The highest BCUT2D eigenvalue weighted by Crippen LogP contribution is 2.33. The number of nitriles is 1. The second kappa shape index (κ2) is 10.4. The van der Waals surface area contributed by atoms with Gasteiger partial charge in [-0.15, -0.1) is 0 Å². The van der Waals surface area contributed by atoms with Gasteiger partial charge in [-0.3, -0.25) is 9.78 Å². The maximum atomic E-state index is 13.3. The van der Waals surface area contributed by atoms with Crippen molar-refractivity contribution in [2.45, 2.75) is 56.7 Å². The molecule has 2 amide bonds. The number of nitrogens with two attached hydrogens (primary N) is 1. The Labute approximate surface area is 214 Å². The number of fused-ring (bicyclic) bond motifs is 1. The van der Waals surface area contributed by atoms with Crippen molar-refractivity contribution < 1.29 is 14.7 Å². The fourth-order valence-electron chi connectivity index (χ4n) is 5.15. The minimum Gasteiger partial charge on any atom is -0.465 e. The first-order chi connectivity index (χ1) is 17.9. The number of carbonyl (C=O) groups is 2. The second-order valence-electron chi connectivity index (χ2n) is 9.98. The van der Waals surface area contributed by atoms with Crippen molar-refractivity contribution in [2.75, 3.05) is 11.9 Å². The summed E-state index contributed by atoms with van der Waals surface area (Å²) < 4.78 is 1.72. The lowest BCUT2D eigenvalue weighted by Crippen LogP contribution is -2.43. The molecule has 0 saturated heterocycles. The van der Waals surface area contributed by atoms with Crippen LogP contribution in [0.2, 0.25) is 0 Å². The van der Waals surface area contributed by atoms with Crippen LogP contribution in [-0.2, 0) is 0 Å². The third-order valence-corrected chi connectivity index (χ3v) is 7.28. The van der Waals surface area contributed by atoms with Gasteiger partial charge in [0.2, 0.25) is 0 Å². The molecule has 5 rings (SSSR count). The van der Waals surface area contributed by atoms with Crippen molar-refractivity contribution in [3.63, 3.8) is 0 Å². The minimum absolute atomic E-state index is 0.0862. The molecule has 0 atom stereocenters. The molecule has 11 nitrogen and oxygen atoms in total. The zero-order valence-corrected chi connectivity index (χ0v) is 20.4. The molecule has 3 heterocycles. The molecule has 11 heteroatoms. The normalized spacial score (nSPS) is 23.0. The van der Waals surface area contributed by atoms with E-state index in [1.165, 1.54) is 6.20 Å². The number of hydrogen-bond acceptors (Lipinski definition) is 7. The molecule has 2 saturated carbocycles. The van der Waals surface area contributed by atoms with E-state index in [0.29, 0.717) is 29.1 Å². The zero-order chi connectivity index (χ0) is 25.9. The van der Waals surface area contributed by atoms with Gasteiger partial charge in [-0.2, -0.15) is 10.4 Å². The first-order valence-electron chi connectivity index (χ1n) is 12.6. The predicted molar refractivity (Wildman–Crippen MR) is 137 cm³/mol. The van der Waals surface area contributed by atoms with Crippen LogP contribution < -0.4 is 21.7 Å². The Morgan fingerprint density at radius 1 is 1.14 bits per heavy atom. The van der Waals surface area contributed by atoms with Gasteiger partial charge >= 0.3 is 6.09 Å². The molecule has 2 fully saturated rings. The summed E-state index contributed by atoms with van der Waals surface area (Å²) in [6.07, 6.45) is 7.17. The van der Waals surface area contributed by atoms with E-state index in [1.807, 2.05) is 18.2 Å². The monoisotopic (exact) mass is 502 g/mol. The van der Waals surface area contributed by atoms with Gasteiger partial charge in [0.25, 0.3) is 5.91 Å². The second-order valence-corrected chi connectivity index (χ2v) is 9.98. The lowest BCUT2D eigenvalue weighted by Gasteiger charge is -2.37. The lowest BCUT2D eigenvalue weighted by atomic mass is 9.80. The third kappa shape index (κ3) is 5.49. The minimum atomic E-state index is -1.02. The van der Waals surface area contributed by atoms with Gasteiger partial charge in [0, 0.05) is 30.9 Å². The Morgan fingerprint density at radius 3 is 2.65 bits per heavy atom. The summed E-state index contributed by atoms with van der Waals surface area (Å²) in [7, 11) is 0. The largest absolute Gasteiger partial charge is 0.465 e. The number of nitrogens with one attached hydrogen (secondary N) is 3. The standard InChI is InChI=1S/C26H30N8O3/c27-11-16-9-20-5-6-24(34(20)31-13-16)23-10-22(32-19-7-15(8-19)12-30-26(36)37)21(14-29-23)25(35)33-18-3-1-17(28)2-4-18/h5-6,9-10,13-15,17-19,30H,1-4,7-8,12,28H2,(H,29,32)(H,33,35)(H,36,37). The molecule has 0 aliphatic heterocycles. The number of anilines is 1. The van der Waals surface area contributed by atoms with Crippen molar-refractivity contribution in [3.8, 4) is 17.5 Å². The van der Waals surface area contributed by atoms with E-state index in [0.717, 1.165) is 49.7 Å². The van der Waals surface area contributed by atoms with Gasteiger partial charge < -0.3 is 26.8 Å². The van der Waals surface area contributed by atoms with E-state index in [1.54, 1.807) is 16.8 Å². The SMILES string of the molecule is N#Cc1cnn2c(-c3cc(NC4CC(CNC(=O)O)C4)c(C(=O)NC4CCC(N)CC4)cn3)ccc2c1. The molecule has 6 N–H and O–H groups in total. The van der Waals surface area contributed by atoms with E-state index in [9.17, 15) is 9.59 Å².